The van der Waals surface area contributed by atoms with E-state index in [1.807, 2.05) is 30.3 Å². The van der Waals surface area contributed by atoms with Gasteiger partial charge in [0, 0.05) is 34.7 Å². The molecule has 38 heavy (non-hydrogen) atoms. The molecule has 11 heteroatoms. The maximum absolute atomic E-state index is 13.6. The number of benzene rings is 2. The van der Waals surface area contributed by atoms with Crippen molar-refractivity contribution in [2.75, 3.05) is 5.32 Å². The summed E-state index contributed by atoms with van der Waals surface area (Å²) in [4.78, 5) is 41.7. The van der Waals surface area contributed by atoms with Crippen LogP contribution >= 0.6 is 23.2 Å². The second kappa shape index (κ2) is 9.66. The number of fused-ring (bicyclic) bond motifs is 2. The van der Waals surface area contributed by atoms with Gasteiger partial charge in [-0.3, -0.25) is 9.59 Å². The van der Waals surface area contributed by atoms with E-state index < -0.39 is 11.9 Å². The van der Waals surface area contributed by atoms with Gasteiger partial charge in [0.2, 0.25) is 11.9 Å². The van der Waals surface area contributed by atoms with Gasteiger partial charge in [-0.05, 0) is 47.7 Å². The van der Waals surface area contributed by atoms with Crippen molar-refractivity contribution in [3.63, 3.8) is 0 Å². The number of primary amides is 1. The zero-order valence-corrected chi connectivity index (χ0v) is 21.5. The number of carbonyl (C=O) groups is 2. The SMILES string of the molecule is NC(=O)C(C1CCc2cc(Cl)ccc21)N1Cc2ccc(-c3nc(NC4=CNOC=C4)ncc3Cl)cc2C1=O. The molecule has 9 nitrogen and oxygen atoms in total. The van der Waals surface area contributed by atoms with Gasteiger partial charge in [0.05, 0.1) is 28.8 Å². The summed E-state index contributed by atoms with van der Waals surface area (Å²) < 4.78 is 0. The Balaban J connectivity index is 1.29. The lowest BCUT2D eigenvalue weighted by atomic mass is 9.91. The molecular weight excluding hydrogens is 527 g/mol. The van der Waals surface area contributed by atoms with Crippen LogP contribution in [0.4, 0.5) is 5.95 Å². The highest BCUT2D eigenvalue weighted by Crippen LogP contribution is 2.41. The molecule has 3 aromatic rings. The number of nitrogens with one attached hydrogen (secondary N) is 2. The zero-order valence-electron chi connectivity index (χ0n) is 19.9. The number of anilines is 1. The van der Waals surface area contributed by atoms with Crippen molar-refractivity contribution in [1.82, 2.24) is 20.3 Å². The number of allylic oxidation sites excluding steroid dienone is 1. The molecule has 2 aromatic carbocycles. The second-order valence-electron chi connectivity index (χ2n) is 9.29. The lowest BCUT2D eigenvalue weighted by Crippen LogP contribution is -2.48. The molecular formula is C27H22Cl2N6O3. The number of amides is 2. The summed E-state index contributed by atoms with van der Waals surface area (Å²) in [6.07, 6.45) is 7.80. The first-order valence-electron chi connectivity index (χ1n) is 12.0. The molecule has 2 aliphatic heterocycles. The molecule has 2 unspecified atom stereocenters. The van der Waals surface area contributed by atoms with E-state index in [0.717, 1.165) is 23.1 Å². The van der Waals surface area contributed by atoms with E-state index in [1.165, 1.54) is 12.5 Å². The van der Waals surface area contributed by atoms with E-state index in [1.54, 1.807) is 23.2 Å². The minimum atomic E-state index is -0.770. The van der Waals surface area contributed by atoms with Crippen LogP contribution in [0.2, 0.25) is 10.0 Å². The molecule has 192 valence electrons. The number of hydrogen-bond donors (Lipinski definition) is 3. The van der Waals surface area contributed by atoms with Crippen molar-refractivity contribution >= 4 is 41.0 Å². The van der Waals surface area contributed by atoms with Crippen LogP contribution in [0.5, 0.6) is 0 Å². The number of carbonyl (C=O) groups excluding carboxylic acids is 2. The van der Waals surface area contributed by atoms with Crippen LogP contribution in [0.15, 0.2) is 66.8 Å². The number of hydroxylamine groups is 1. The Kier molecular flexibility index (Phi) is 6.17. The first-order chi connectivity index (χ1) is 18.4. The Labute approximate surface area is 228 Å². The normalized spacial score (nSPS) is 18.3. The third-order valence-corrected chi connectivity index (χ3v) is 7.56. The predicted octanol–water partition coefficient (Wildman–Crippen LogP) is 4.29. The van der Waals surface area contributed by atoms with Crippen molar-refractivity contribution in [2.45, 2.75) is 31.3 Å². The number of nitrogens with two attached hydrogens (primary N) is 1. The third kappa shape index (κ3) is 4.33. The lowest BCUT2D eigenvalue weighted by molar-refractivity contribution is -0.123. The summed E-state index contributed by atoms with van der Waals surface area (Å²) in [5.74, 6) is -0.642. The highest BCUT2D eigenvalue weighted by molar-refractivity contribution is 6.33. The number of hydrogen-bond acceptors (Lipinski definition) is 7. The molecule has 0 bridgehead atoms. The van der Waals surface area contributed by atoms with Gasteiger partial charge in [0.15, 0.2) is 0 Å². The van der Waals surface area contributed by atoms with Crippen LogP contribution in [0.1, 0.15) is 39.4 Å². The van der Waals surface area contributed by atoms with Crippen LogP contribution < -0.4 is 16.5 Å². The Morgan fingerprint density at radius 3 is 2.87 bits per heavy atom. The fourth-order valence-electron chi connectivity index (χ4n) is 5.34. The molecule has 3 heterocycles. The summed E-state index contributed by atoms with van der Waals surface area (Å²) in [6, 6.07) is 10.4. The molecule has 3 aliphatic rings. The van der Waals surface area contributed by atoms with Gasteiger partial charge in [0.25, 0.3) is 5.91 Å². The Morgan fingerprint density at radius 1 is 1.21 bits per heavy atom. The summed E-state index contributed by atoms with van der Waals surface area (Å²) in [5.41, 5.74) is 13.7. The number of nitrogens with zero attached hydrogens (tertiary/aromatic N) is 3. The van der Waals surface area contributed by atoms with Gasteiger partial charge in [0.1, 0.15) is 12.3 Å². The molecule has 2 amide bonds. The first kappa shape index (κ1) is 24.3. The number of halogens is 2. The van der Waals surface area contributed by atoms with Crippen molar-refractivity contribution in [2.24, 2.45) is 5.73 Å². The molecule has 0 spiro atoms. The van der Waals surface area contributed by atoms with Gasteiger partial charge in [-0.15, -0.1) is 0 Å². The Hall–Kier alpha value is -4.08. The van der Waals surface area contributed by atoms with Gasteiger partial charge in [-0.1, -0.05) is 41.4 Å². The quantitative estimate of drug-likeness (QED) is 0.419. The second-order valence-corrected chi connectivity index (χ2v) is 10.1. The van der Waals surface area contributed by atoms with Gasteiger partial charge in [-0.2, -0.15) is 0 Å². The Bertz CT molecular complexity index is 1540. The number of aromatic nitrogens is 2. The van der Waals surface area contributed by atoms with Gasteiger partial charge >= 0.3 is 0 Å². The predicted molar refractivity (Wildman–Crippen MR) is 143 cm³/mol. The highest BCUT2D eigenvalue weighted by Gasteiger charge is 2.42. The van der Waals surface area contributed by atoms with Crippen molar-refractivity contribution < 1.29 is 14.4 Å². The van der Waals surface area contributed by atoms with Crippen LogP contribution in [0.3, 0.4) is 0 Å². The summed E-state index contributed by atoms with van der Waals surface area (Å²) >= 11 is 12.6. The van der Waals surface area contributed by atoms with E-state index in [2.05, 4.69) is 20.8 Å². The van der Waals surface area contributed by atoms with Crippen LogP contribution in [-0.2, 0) is 22.6 Å². The van der Waals surface area contributed by atoms with Crippen LogP contribution in [0.25, 0.3) is 11.3 Å². The first-order valence-corrected chi connectivity index (χ1v) is 12.7. The average Bonchev–Trinajstić information content (AvgIpc) is 3.46. The minimum absolute atomic E-state index is 0.189. The molecule has 1 aliphatic carbocycles. The fourth-order valence-corrected chi connectivity index (χ4v) is 5.74. The van der Waals surface area contributed by atoms with E-state index in [0.29, 0.717) is 51.5 Å². The zero-order chi connectivity index (χ0) is 26.4. The average molecular weight is 549 g/mol. The lowest BCUT2D eigenvalue weighted by Gasteiger charge is -2.30. The molecule has 0 radical (unpaired) electrons. The van der Waals surface area contributed by atoms with Crippen molar-refractivity contribution in [1.29, 1.82) is 0 Å². The maximum atomic E-state index is 13.6. The van der Waals surface area contributed by atoms with Crippen LogP contribution in [0, 0.1) is 0 Å². The smallest absolute Gasteiger partial charge is 0.255 e. The molecule has 0 saturated heterocycles. The van der Waals surface area contributed by atoms with Crippen molar-refractivity contribution in [3.8, 4) is 11.3 Å². The summed E-state index contributed by atoms with van der Waals surface area (Å²) in [7, 11) is 0. The third-order valence-electron chi connectivity index (χ3n) is 7.05. The number of rotatable bonds is 6. The minimum Gasteiger partial charge on any atom is -0.390 e. The Morgan fingerprint density at radius 2 is 2.08 bits per heavy atom. The molecule has 0 fully saturated rings. The summed E-state index contributed by atoms with van der Waals surface area (Å²) in [6.45, 7) is 0.293. The highest BCUT2D eigenvalue weighted by atomic mass is 35.5. The molecule has 1 aromatic heterocycles. The standard InChI is InChI=1S/C27H22Cl2N6O3/c28-17-4-6-19-14(9-17)3-5-20(19)24(25(30)36)35-13-16-2-1-15(10-21(16)26(35)37)23-22(29)12-31-27(34-23)33-18-7-8-38-32-11-18/h1-2,4,6-12,20,24,32H,3,5,13H2,(H2,30,36)(H,31,33,34). The molecule has 6 rings (SSSR count). The molecule has 2 atom stereocenters. The number of aryl methyl sites for hydroxylation is 1. The summed E-state index contributed by atoms with van der Waals surface area (Å²) in [5, 5.41) is 4.06. The molecule has 0 saturated carbocycles. The van der Waals surface area contributed by atoms with E-state index in [9.17, 15) is 9.59 Å². The van der Waals surface area contributed by atoms with Crippen molar-refractivity contribution in [3.05, 3.63) is 99.1 Å². The van der Waals surface area contributed by atoms with Crippen LogP contribution in [-0.4, -0.2) is 32.7 Å². The van der Waals surface area contributed by atoms with E-state index in [-0.39, 0.29) is 11.8 Å². The topological polar surface area (TPSA) is 122 Å². The van der Waals surface area contributed by atoms with Gasteiger partial charge in [-0.25, -0.2) is 15.4 Å². The molecule has 4 N–H and O–H groups in total. The maximum Gasteiger partial charge on any atom is 0.255 e. The fraction of sp³-hybridized carbons (Fsp3) is 0.185. The largest absolute Gasteiger partial charge is 0.390 e. The van der Waals surface area contributed by atoms with Gasteiger partial charge < -0.3 is 20.8 Å². The van der Waals surface area contributed by atoms with E-state index in [4.69, 9.17) is 33.8 Å². The monoisotopic (exact) mass is 548 g/mol. The van der Waals surface area contributed by atoms with E-state index >= 15 is 0 Å².